The molecule has 9 heteroatoms. The molecule has 2 atom stereocenters. The molecule has 1 amide bonds. The maximum atomic E-state index is 12.7. The molecule has 134 valence electrons. The number of carbonyl (C=O) groups is 1. The fourth-order valence-electron chi connectivity index (χ4n) is 3.33. The van der Waals surface area contributed by atoms with Gasteiger partial charge in [-0.15, -0.1) is 12.4 Å². The molecule has 0 bridgehead atoms. The van der Waals surface area contributed by atoms with Gasteiger partial charge in [0.2, 0.25) is 10.0 Å². The van der Waals surface area contributed by atoms with Crippen LogP contribution in [0.5, 0.6) is 5.75 Å². The summed E-state index contributed by atoms with van der Waals surface area (Å²) in [5, 5.41) is 3.33. The van der Waals surface area contributed by atoms with Crippen molar-refractivity contribution in [3.8, 4) is 5.75 Å². The molecule has 0 radical (unpaired) electrons. The van der Waals surface area contributed by atoms with E-state index in [1.54, 1.807) is 6.07 Å². The lowest BCUT2D eigenvalue weighted by atomic mass is 10.0. The number of methoxy groups -OCH3 is 1. The zero-order valence-electron chi connectivity index (χ0n) is 13.6. The predicted octanol–water partition coefficient (Wildman–Crippen LogP) is 0.317. The number of likely N-dealkylation sites (tertiary alicyclic amines) is 1. The summed E-state index contributed by atoms with van der Waals surface area (Å²) in [6.07, 6.45) is 0. The number of hydrogen-bond acceptors (Lipinski definition) is 5. The van der Waals surface area contributed by atoms with Gasteiger partial charge in [-0.05, 0) is 37.1 Å². The number of sulfonamides is 1. The van der Waals surface area contributed by atoms with Crippen LogP contribution in [0.2, 0.25) is 0 Å². The zero-order valence-corrected chi connectivity index (χ0v) is 15.2. The van der Waals surface area contributed by atoms with E-state index in [1.807, 2.05) is 4.90 Å². The molecule has 0 saturated carbocycles. The average molecular weight is 376 g/mol. The molecule has 2 aliphatic rings. The molecule has 0 spiro atoms. The van der Waals surface area contributed by atoms with Crippen molar-refractivity contribution in [1.29, 1.82) is 0 Å². The molecule has 1 aromatic rings. The quantitative estimate of drug-likeness (QED) is 0.791. The lowest BCUT2D eigenvalue weighted by molar-refractivity contribution is 0.0781. The monoisotopic (exact) mass is 375 g/mol. The van der Waals surface area contributed by atoms with E-state index in [9.17, 15) is 13.2 Å². The molecule has 7 nitrogen and oxygen atoms in total. The number of fused-ring (bicyclic) bond motifs is 1. The summed E-state index contributed by atoms with van der Waals surface area (Å²) in [7, 11) is -0.957. The van der Waals surface area contributed by atoms with Crippen LogP contribution < -0.4 is 14.8 Å². The van der Waals surface area contributed by atoms with Crippen molar-refractivity contribution in [2.75, 3.05) is 40.3 Å². The molecule has 2 aliphatic heterocycles. The highest BCUT2D eigenvalue weighted by molar-refractivity contribution is 7.89. The van der Waals surface area contributed by atoms with Crippen molar-refractivity contribution in [2.24, 2.45) is 11.8 Å². The van der Waals surface area contributed by atoms with Crippen LogP contribution in [0.25, 0.3) is 0 Å². The number of carbonyl (C=O) groups excluding carboxylic acids is 1. The van der Waals surface area contributed by atoms with Crippen LogP contribution in [0.15, 0.2) is 23.1 Å². The van der Waals surface area contributed by atoms with Crippen LogP contribution in [0.1, 0.15) is 10.4 Å². The Morgan fingerprint density at radius 3 is 2.46 bits per heavy atom. The van der Waals surface area contributed by atoms with E-state index in [0.29, 0.717) is 17.4 Å². The van der Waals surface area contributed by atoms with Gasteiger partial charge in [-0.2, -0.15) is 0 Å². The highest BCUT2D eigenvalue weighted by Gasteiger charge is 2.38. The summed E-state index contributed by atoms with van der Waals surface area (Å²) in [5.41, 5.74) is 0.368. The van der Waals surface area contributed by atoms with Crippen LogP contribution >= 0.6 is 12.4 Å². The maximum Gasteiger partial charge on any atom is 0.253 e. The Bertz CT molecular complexity index is 713. The standard InChI is InChI=1S/C15H21N3O4S.ClH/c1-16-23(20,21)14-5-10(3-4-13(14)22-2)15(19)18-8-11-6-17-7-12(11)9-18;/h3-5,11-12,16-17H,6-9H2,1-2H3;1H/t11-,12+;. The van der Waals surface area contributed by atoms with Gasteiger partial charge in [0, 0.05) is 31.7 Å². The third-order valence-corrected chi connectivity index (χ3v) is 6.08. The largest absolute Gasteiger partial charge is 0.495 e. The minimum absolute atomic E-state index is 0. The first-order chi connectivity index (χ1) is 11.0. The van der Waals surface area contributed by atoms with Crippen molar-refractivity contribution >= 4 is 28.3 Å². The summed E-state index contributed by atoms with van der Waals surface area (Å²) in [6, 6.07) is 4.53. The summed E-state index contributed by atoms with van der Waals surface area (Å²) >= 11 is 0. The fourth-order valence-corrected chi connectivity index (χ4v) is 4.25. The summed E-state index contributed by atoms with van der Waals surface area (Å²) in [6.45, 7) is 3.32. The second kappa shape index (κ2) is 7.26. The first kappa shape index (κ1) is 19.0. The Hall–Kier alpha value is -1.35. The van der Waals surface area contributed by atoms with Crippen LogP contribution in [0.4, 0.5) is 0 Å². The molecule has 1 aromatic carbocycles. The van der Waals surface area contributed by atoms with Gasteiger partial charge >= 0.3 is 0 Å². The second-order valence-electron chi connectivity index (χ2n) is 5.96. The van der Waals surface area contributed by atoms with Gasteiger partial charge in [0.25, 0.3) is 5.91 Å². The number of nitrogens with one attached hydrogen (secondary N) is 2. The molecule has 2 saturated heterocycles. The van der Waals surface area contributed by atoms with Gasteiger partial charge in [-0.1, -0.05) is 0 Å². The van der Waals surface area contributed by atoms with Crippen LogP contribution in [-0.2, 0) is 10.0 Å². The summed E-state index contributed by atoms with van der Waals surface area (Å²) in [4.78, 5) is 14.5. The minimum Gasteiger partial charge on any atom is -0.495 e. The van der Waals surface area contributed by atoms with Crippen LogP contribution in [0.3, 0.4) is 0 Å². The Labute approximate surface area is 148 Å². The predicted molar refractivity (Wildman–Crippen MR) is 92.2 cm³/mol. The van der Waals surface area contributed by atoms with Gasteiger partial charge in [0.1, 0.15) is 10.6 Å². The molecule has 3 rings (SSSR count). The highest BCUT2D eigenvalue weighted by atomic mass is 35.5. The lowest BCUT2D eigenvalue weighted by Crippen LogP contribution is -2.32. The Kier molecular flexibility index (Phi) is 5.74. The number of benzene rings is 1. The molecule has 24 heavy (non-hydrogen) atoms. The third-order valence-electron chi connectivity index (χ3n) is 4.65. The van der Waals surface area contributed by atoms with E-state index in [-0.39, 0.29) is 29.0 Å². The van der Waals surface area contributed by atoms with E-state index in [2.05, 4.69) is 10.0 Å². The smallest absolute Gasteiger partial charge is 0.253 e. The molecule has 2 N–H and O–H groups in total. The number of halogens is 1. The fraction of sp³-hybridized carbons (Fsp3) is 0.533. The average Bonchev–Trinajstić information content (AvgIpc) is 3.15. The van der Waals surface area contributed by atoms with Crippen molar-refractivity contribution < 1.29 is 17.9 Å². The van der Waals surface area contributed by atoms with E-state index >= 15 is 0 Å². The number of hydrogen-bond donors (Lipinski definition) is 2. The zero-order chi connectivity index (χ0) is 16.6. The van der Waals surface area contributed by atoms with E-state index in [4.69, 9.17) is 4.74 Å². The Balaban J connectivity index is 0.00000208. The van der Waals surface area contributed by atoms with Crippen LogP contribution in [0, 0.1) is 11.8 Å². The van der Waals surface area contributed by atoms with Gasteiger partial charge < -0.3 is 15.0 Å². The normalized spacial score (nSPS) is 22.8. The second-order valence-corrected chi connectivity index (χ2v) is 7.82. The maximum absolute atomic E-state index is 12.7. The molecule has 0 aromatic heterocycles. The molecular weight excluding hydrogens is 354 g/mol. The van der Waals surface area contributed by atoms with Crippen LogP contribution in [-0.4, -0.2) is 59.6 Å². The first-order valence-corrected chi connectivity index (χ1v) is 9.06. The van der Waals surface area contributed by atoms with Gasteiger partial charge in [-0.25, -0.2) is 13.1 Å². The molecule has 0 aliphatic carbocycles. The number of nitrogens with zero attached hydrogens (tertiary/aromatic N) is 1. The molecular formula is C15H22ClN3O4S. The van der Waals surface area contributed by atoms with Gasteiger partial charge in [0.05, 0.1) is 7.11 Å². The number of amides is 1. The Morgan fingerprint density at radius 2 is 1.92 bits per heavy atom. The van der Waals surface area contributed by atoms with E-state index in [1.165, 1.54) is 26.3 Å². The summed E-state index contributed by atoms with van der Waals surface area (Å²) in [5.74, 6) is 1.09. The van der Waals surface area contributed by atoms with Crippen molar-refractivity contribution in [3.63, 3.8) is 0 Å². The topological polar surface area (TPSA) is 87.7 Å². The van der Waals surface area contributed by atoms with Crippen molar-refractivity contribution in [1.82, 2.24) is 14.9 Å². The molecule has 2 fully saturated rings. The highest BCUT2D eigenvalue weighted by Crippen LogP contribution is 2.29. The third kappa shape index (κ3) is 3.37. The molecule has 0 unspecified atom stereocenters. The lowest BCUT2D eigenvalue weighted by Gasteiger charge is -2.18. The Morgan fingerprint density at radius 1 is 1.29 bits per heavy atom. The van der Waals surface area contributed by atoms with E-state index in [0.717, 1.165) is 26.2 Å². The van der Waals surface area contributed by atoms with Crippen molar-refractivity contribution in [3.05, 3.63) is 23.8 Å². The van der Waals surface area contributed by atoms with Gasteiger partial charge in [0.15, 0.2) is 0 Å². The SMILES string of the molecule is CNS(=O)(=O)c1cc(C(=O)N2C[C@H]3CNC[C@H]3C2)ccc1OC.Cl. The van der Waals surface area contributed by atoms with Crippen molar-refractivity contribution in [2.45, 2.75) is 4.90 Å². The minimum atomic E-state index is -3.69. The molecule has 2 heterocycles. The van der Waals surface area contributed by atoms with E-state index < -0.39 is 10.0 Å². The number of ether oxygens (including phenoxy) is 1. The van der Waals surface area contributed by atoms with Gasteiger partial charge in [-0.3, -0.25) is 4.79 Å². The number of rotatable bonds is 4. The summed E-state index contributed by atoms with van der Waals surface area (Å²) < 4.78 is 31.6. The first-order valence-electron chi connectivity index (χ1n) is 7.58.